The van der Waals surface area contributed by atoms with Crippen molar-refractivity contribution in [1.82, 2.24) is 15.1 Å². The number of hydrogen-bond donors (Lipinski definition) is 3. The van der Waals surface area contributed by atoms with Crippen LogP contribution >= 0.6 is 10.8 Å². The van der Waals surface area contributed by atoms with Crippen LogP contribution in [0.25, 0.3) is 0 Å². The second-order valence-corrected chi connectivity index (χ2v) is 4.75. The van der Waals surface area contributed by atoms with Crippen LogP contribution < -0.4 is 10.5 Å². The number of rotatable bonds is 4. The molecule has 0 saturated carbocycles. The molecular formula is C7H16N4O2S. The van der Waals surface area contributed by atoms with Crippen molar-refractivity contribution in [1.29, 1.82) is 0 Å². The molecule has 0 aliphatic carbocycles. The third-order valence-corrected chi connectivity index (χ3v) is 3.17. The molecular weight excluding hydrogens is 204 g/mol. The largest absolute Gasteiger partial charge is 0.314 e. The molecule has 0 fully saturated rings. The van der Waals surface area contributed by atoms with E-state index in [2.05, 4.69) is 10.4 Å². The maximum absolute atomic E-state index is 9.64. The molecule has 1 rings (SSSR count). The predicted molar refractivity (Wildman–Crippen MR) is 55.7 cm³/mol. The summed E-state index contributed by atoms with van der Waals surface area (Å²) in [4.78, 5) is 0. The summed E-state index contributed by atoms with van der Waals surface area (Å²) in [7, 11) is 2.32. The summed E-state index contributed by atoms with van der Waals surface area (Å²) in [6, 6.07) is 1.73. The smallest absolute Gasteiger partial charge is 0.185 e. The minimum Gasteiger partial charge on any atom is -0.314 e. The van der Waals surface area contributed by atoms with Crippen LogP contribution in [0.2, 0.25) is 0 Å². The Morgan fingerprint density at radius 2 is 2.43 bits per heavy atom. The van der Waals surface area contributed by atoms with Crippen LogP contribution in [-0.2, 0) is 17.8 Å². The van der Waals surface area contributed by atoms with Gasteiger partial charge in [0.15, 0.2) is 5.03 Å². The molecule has 1 atom stereocenters. The van der Waals surface area contributed by atoms with Crippen molar-refractivity contribution in [2.75, 3.05) is 14.2 Å². The van der Waals surface area contributed by atoms with Gasteiger partial charge in [-0.15, -0.1) is 0 Å². The van der Waals surface area contributed by atoms with E-state index in [0.717, 1.165) is 5.69 Å². The Bertz CT molecular complexity index is 313. The summed E-state index contributed by atoms with van der Waals surface area (Å²) >= 11 is 0. The van der Waals surface area contributed by atoms with E-state index in [9.17, 15) is 4.55 Å². The fourth-order valence-electron chi connectivity index (χ4n) is 1.05. The van der Waals surface area contributed by atoms with Crippen LogP contribution in [0.5, 0.6) is 0 Å². The lowest BCUT2D eigenvalue weighted by Gasteiger charge is -2.28. The average molecular weight is 220 g/mol. The van der Waals surface area contributed by atoms with E-state index in [-0.39, 0.29) is 0 Å². The topological polar surface area (TPSA) is 85.3 Å². The SMILES string of the molecule is CNCc1cc(S(N)(O)OC)nn1C. The van der Waals surface area contributed by atoms with Crippen LogP contribution in [0.1, 0.15) is 5.69 Å². The van der Waals surface area contributed by atoms with E-state index in [0.29, 0.717) is 11.6 Å². The van der Waals surface area contributed by atoms with Crippen LogP contribution in [0, 0.1) is 0 Å². The van der Waals surface area contributed by atoms with Crippen LogP contribution in [-0.4, -0.2) is 28.5 Å². The molecule has 7 heteroatoms. The van der Waals surface area contributed by atoms with Crippen molar-refractivity contribution in [3.8, 4) is 0 Å². The number of aryl methyl sites for hydroxylation is 1. The van der Waals surface area contributed by atoms with Gasteiger partial charge >= 0.3 is 0 Å². The summed E-state index contributed by atoms with van der Waals surface area (Å²) in [5.74, 6) is 0. The highest BCUT2D eigenvalue weighted by atomic mass is 32.3. The van der Waals surface area contributed by atoms with Crippen molar-refractivity contribution >= 4 is 10.8 Å². The lowest BCUT2D eigenvalue weighted by molar-refractivity contribution is 0.392. The average Bonchev–Trinajstić information content (AvgIpc) is 2.49. The molecule has 0 aliphatic rings. The van der Waals surface area contributed by atoms with Crippen molar-refractivity contribution in [2.24, 2.45) is 12.2 Å². The Kier molecular flexibility index (Phi) is 3.51. The lowest BCUT2D eigenvalue weighted by Crippen LogP contribution is -2.12. The maximum Gasteiger partial charge on any atom is 0.185 e. The van der Waals surface area contributed by atoms with Gasteiger partial charge in [0.05, 0.1) is 12.8 Å². The first kappa shape index (κ1) is 11.5. The van der Waals surface area contributed by atoms with E-state index in [4.69, 9.17) is 9.32 Å². The van der Waals surface area contributed by atoms with Crippen molar-refractivity contribution in [3.05, 3.63) is 11.8 Å². The number of aromatic nitrogens is 2. The van der Waals surface area contributed by atoms with E-state index in [1.807, 2.05) is 7.05 Å². The fraction of sp³-hybridized carbons (Fsp3) is 0.571. The zero-order valence-corrected chi connectivity index (χ0v) is 9.34. The molecule has 0 bridgehead atoms. The highest BCUT2D eigenvalue weighted by Crippen LogP contribution is 2.43. The van der Waals surface area contributed by atoms with Crippen molar-refractivity contribution < 1.29 is 8.74 Å². The monoisotopic (exact) mass is 220 g/mol. The van der Waals surface area contributed by atoms with Crippen LogP contribution in [0.4, 0.5) is 0 Å². The van der Waals surface area contributed by atoms with Gasteiger partial charge in [0, 0.05) is 19.7 Å². The van der Waals surface area contributed by atoms with Gasteiger partial charge < -0.3 is 5.32 Å². The van der Waals surface area contributed by atoms with Gasteiger partial charge in [-0.2, -0.15) is 5.10 Å². The van der Waals surface area contributed by atoms with Gasteiger partial charge in [0.1, 0.15) is 0 Å². The number of nitrogens with zero attached hydrogens (tertiary/aromatic N) is 2. The Morgan fingerprint density at radius 1 is 1.79 bits per heavy atom. The van der Waals surface area contributed by atoms with E-state index in [1.54, 1.807) is 17.8 Å². The summed E-state index contributed by atoms with van der Waals surface area (Å²) in [6.07, 6.45) is 0. The molecule has 6 nitrogen and oxygen atoms in total. The zero-order valence-electron chi connectivity index (χ0n) is 8.52. The quantitative estimate of drug-likeness (QED) is 0.675. The molecule has 14 heavy (non-hydrogen) atoms. The lowest BCUT2D eigenvalue weighted by atomic mass is 10.4. The van der Waals surface area contributed by atoms with Gasteiger partial charge in [-0.3, -0.25) is 13.4 Å². The summed E-state index contributed by atoms with van der Waals surface area (Å²) < 4.78 is 16.1. The van der Waals surface area contributed by atoms with Crippen molar-refractivity contribution in [2.45, 2.75) is 11.6 Å². The number of nitrogens with two attached hydrogens (primary N) is 1. The molecule has 4 N–H and O–H groups in total. The van der Waals surface area contributed by atoms with Crippen LogP contribution in [0.3, 0.4) is 0 Å². The first-order chi connectivity index (χ1) is 6.51. The van der Waals surface area contributed by atoms with E-state index >= 15 is 0 Å². The predicted octanol–water partition coefficient (Wildman–Crippen LogP) is 0.211. The van der Waals surface area contributed by atoms with Crippen LogP contribution in [0.15, 0.2) is 11.1 Å². The fourth-order valence-corrected chi connectivity index (χ4v) is 1.77. The van der Waals surface area contributed by atoms with Gasteiger partial charge in [-0.05, 0) is 7.05 Å². The Morgan fingerprint density at radius 3 is 2.93 bits per heavy atom. The Labute approximate surface area is 84.9 Å². The standard InChI is InChI=1S/C7H16N4O2S/c1-9-5-6-4-7(10-11(6)2)14(8,12)13-3/h4,9,12H,5,8H2,1-3H3. The number of hydrogen-bond acceptors (Lipinski definition) is 5. The molecule has 0 radical (unpaired) electrons. The summed E-state index contributed by atoms with van der Waals surface area (Å²) in [5.41, 5.74) is 0.941. The normalized spacial score (nSPS) is 17.8. The summed E-state index contributed by atoms with van der Waals surface area (Å²) in [5, 5.41) is 13.0. The molecule has 1 aromatic rings. The Balaban J connectivity index is 2.96. The third-order valence-electron chi connectivity index (χ3n) is 1.87. The van der Waals surface area contributed by atoms with E-state index < -0.39 is 10.8 Å². The van der Waals surface area contributed by atoms with E-state index in [1.165, 1.54) is 7.11 Å². The summed E-state index contributed by atoms with van der Waals surface area (Å²) in [6.45, 7) is 0.669. The molecule has 0 aromatic carbocycles. The van der Waals surface area contributed by atoms with Crippen molar-refractivity contribution in [3.63, 3.8) is 0 Å². The highest BCUT2D eigenvalue weighted by Gasteiger charge is 2.17. The maximum atomic E-state index is 9.64. The Hall–Kier alpha value is -0.600. The zero-order chi connectivity index (χ0) is 10.8. The third kappa shape index (κ3) is 2.25. The first-order valence-electron chi connectivity index (χ1n) is 4.08. The molecule has 0 spiro atoms. The highest BCUT2D eigenvalue weighted by molar-refractivity contribution is 8.23. The number of nitrogens with one attached hydrogen (secondary N) is 1. The molecule has 1 heterocycles. The minimum atomic E-state index is -2.68. The van der Waals surface area contributed by atoms with Gasteiger partial charge in [-0.25, -0.2) is 5.14 Å². The van der Waals surface area contributed by atoms with Gasteiger partial charge in [0.25, 0.3) is 0 Å². The second-order valence-electron chi connectivity index (χ2n) is 2.86. The molecule has 82 valence electrons. The molecule has 1 unspecified atom stereocenters. The molecule has 1 aromatic heterocycles. The molecule has 0 saturated heterocycles. The van der Waals surface area contributed by atoms with Gasteiger partial charge in [-0.1, -0.05) is 10.8 Å². The first-order valence-corrected chi connectivity index (χ1v) is 5.65. The van der Waals surface area contributed by atoms with Gasteiger partial charge in [0.2, 0.25) is 0 Å². The molecule has 0 amide bonds. The molecule has 0 aliphatic heterocycles. The minimum absolute atomic E-state index is 0.382. The second kappa shape index (κ2) is 4.28.